The molecule has 1 rings (SSSR count). The van der Waals surface area contributed by atoms with E-state index in [1.54, 1.807) is 20.9 Å². The van der Waals surface area contributed by atoms with Crippen molar-refractivity contribution in [2.75, 3.05) is 13.6 Å². The molecular weight excluding hydrogens is 244 g/mol. The summed E-state index contributed by atoms with van der Waals surface area (Å²) in [6.45, 7) is 3.78. The van der Waals surface area contributed by atoms with Crippen molar-refractivity contribution in [3.8, 4) is 0 Å². The Hall–Kier alpha value is -2.04. The summed E-state index contributed by atoms with van der Waals surface area (Å²) in [4.78, 5) is 25.9. The van der Waals surface area contributed by atoms with Crippen LogP contribution >= 0.6 is 0 Å². The molecule has 19 heavy (non-hydrogen) atoms. The SMILES string of the molecule is CC(C)N(CC(=O)O)C(=O)N(C)Cc1ccccc1. The van der Waals surface area contributed by atoms with Crippen molar-refractivity contribution in [3.63, 3.8) is 0 Å². The summed E-state index contributed by atoms with van der Waals surface area (Å²) in [7, 11) is 1.67. The lowest BCUT2D eigenvalue weighted by molar-refractivity contribution is -0.138. The average Bonchev–Trinajstić information content (AvgIpc) is 2.35. The van der Waals surface area contributed by atoms with Crippen molar-refractivity contribution >= 4 is 12.0 Å². The molecule has 1 aromatic carbocycles. The molecule has 0 aliphatic heterocycles. The first kappa shape index (κ1) is 15.0. The first-order chi connectivity index (χ1) is 8.91. The lowest BCUT2D eigenvalue weighted by Gasteiger charge is -2.30. The van der Waals surface area contributed by atoms with Crippen LogP contribution in [0.4, 0.5) is 4.79 Å². The Morgan fingerprint density at radius 2 is 1.79 bits per heavy atom. The molecule has 2 amide bonds. The van der Waals surface area contributed by atoms with Gasteiger partial charge in [-0.15, -0.1) is 0 Å². The van der Waals surface area contributed by atoms with Gasteiger partial charge in [-0.25, -0.2) is 4.79 Å². The number of hydrogen-bond acceptors (Lipinski definition) is 2. The van der Waals surface area contributed by atoms with Gasteiger partial charge in [-0.05, 0) is 19.4 Å². The highest BCUT2D eigenvalue weighted by atomic mass is 16.4. The summed E-state index contributed by atoms with van der Waals surface area (Å²) in [6, 6.07) is 9.16. The van der Waals surface area contributed by atoms with Gasteiger partial charge in [0.2, 0.25) is 0 Å². The molecule has 0 aliphatic carbocycles. The van der Waals surface area contributed by atoms with Crippen LogP contribution < -0.4 is 0 Å². The molecule has 1 N–H and O–H groups in total. The summed E-state index contributed by atoms with van der Waals surface area (Å²) < 4.78 is 0. The first-order valence-electron chi connectivity index (χ1n) is 6.19. The standard InChI is InChI=1S/C14H20N2O3/c1-11(2)16(10-13(17)18)14(19)15(3)9-12-7-5-4-6-8-12/h4-8,11H,9-10H2,1-3H3,(H,17,18). The number of carbonyl (C=O) groups is 2. The van der Waals surface area contributed by atoms with E-state index in [1.807, 2.05) is 30.3 Å². The van der Waals surface area contributed by atoms with Crippen molar-refractivity contribution in [1.29, 1.82) is 0 Å². The van der Waals surface area contributed by atoms with E-state index in [1.165, 1.54) is 9.80 Å². The van der Waals surface area contributed by atoms with Crippen LogP contribution in [0.25, 0.3) is 0 Å². The van der Waals surface area contributed by atoms with Gasteiger partial charge < -0.3 is 14.9 Å². The third-order valence-corrected chi connectivity index (χ3v) is 2.76. The molecule has 0 aromatic heterocycles. The zero-order valence-corrected chi connectivity index (χ0v) is 11.5. The predicted molar refractivity (Wildman–Crippen MR) is 72.8 cm³/mol. The van der Waals surface area contributed by atoms with Gasteiger partial charge in [-0.1, -0.05) is 30.3 Å². The second-order valence-corrected chi connectivity index (χ2v) is 4.74. The number of hydrogen-bond donors (Lipinski definition) is 1. The summed E-state index contributed by atoms with van der Waals surface area (Å²) in [5, 5.41) is 8.84. The minimum absolute atomic E-state index is 0.151. The molecule has 0 aliphatic rings. The number of carboxylic acids is 1. The minimum Gasteiger partial charge on any atom is -0.480 e. The Bertz CT molecular complexity index is 432. The molecule has 5 nitrogen and oxygen atoms in total. The van der Waals surface area contributed by atoms with Crippen LogP contribution in [-0.2, 0) is 11.3 Å². The Morgan fingerprint density at radius 1 is 1.21 bits per heavy atom. The summed E-state index contributed by atoms with van der Waals surface area (Å²) >= 11 is 0. The van der Waals surface area contributed by atoms with Gasteiger partial charge >= 0.3 is 12.0 Å². The zero-order chi connectivity index (χ0) is 14.4. The Balaban J connectivity index is 2.71. The van der Waals surface area contributed by atoms with Crippen LogP contribution in [0.2, 0.25) is 0 Å². The molecule has 0 bridgehead atoms. The number of carbonyl (C=O) groups excluding carboxylic acids is 1. The zero-order valence-electron chi connectivity index (χ0n) is 11.5. The van der Waals surface area contributed by atoms with Gasteiger partial charge in [0.25, 0.3) is 0 Å². The fourth-order valence-corrected chi connectivity index (χ4v) is 1.76. The number of rotatable bonds is 5. The molecule has 0 radical (unpaired) electrons. The molecule has 0 spiro atoms. The molecule has 0 fully saturated rings. The van der Waals surface area contributed by atoms with E-state index in [9.17, 15) is 9.59 Å². The third kappa shape index (κ3) is 4.62. The Labute approximate surface area is 113 Å². The number of benzene rings is 1. The monoisotopic (exact) mass is 264 g/mol. The van der Waals surface area contributed by atoms with E-state index >= 15 is 0 Å². The number of aliphatic carboxylic acids is 1. The van der Waals surface area contributed by atoms with E-state index in [0.29, 0.717) is 6.54 Å². The normalized spacial score (nSPS) is 10.3. The van der Waals surface area contributed by atoms with Gasteiger partial charge in [0, 0.05) is 19.6 Å². The Kier molecular flexibility index (Phi) is 5.36. The smallest absolute Gasteiger partial charge is 0.323 e. The fraction of sp³-hybridized carbons (Fsp3) is 0.429. The topological polar surface area (TPSA) is 60.9 Å². The summed E-state index contributed by atoms with van der Waals surface area (Å²) in [5.41, 5.74) is 1.01. The van der Waals surface area contributed by atoms with E-state index in [2.05, 4.69) is 0 Å². The van der Waals surface area contributed by atoms with E-state index < -0.39 is 5.97 Å². The molecule has 0 saturated carbocycles. The van der Waals surface area contributed by atoms with Crippen LogP contribution in [0.5, 0.6) is 0 Å². The predicted octanol–water partition coefficient (Wildman–Crippen LogP) is 2.03. The maximum Gasteiger partial charge on any atom is 0.323 e. The average molecular weight is 264 g/mol. The van der Waals surface area contributed by atoms with Crippen molar-refractivity contribution in [1.82, 2.24) is 9.80 Å². The second-order valence-electron chi connectivity index (χ2n) is 4.74. The molecule has 104 valence electrons. The molecule has 0 heterocycles. The largest absolute Gasteiger partial charge is 0.480 e. The van der Waals surface area contributed by atoms with Crippen LogP contribution in [0.1, 0.15) is 19.4 Å². The highest BCUT2D eigenvalue weighted by Gasteiger charge is 2.22. The van der Waals surface area contributed by atoms with Gasteiger partial charge in [0.15, 0.2) is 0 Å². The van der Waals surface area contributed by atoms with Crippen LogP contribution in [-0.4, -0.2) is 46.5 Å². The van der Waals surface area contributed by atoms with E-state index in [0.717, 1.165) is 5.56 Å². The number of urea groups is 1. The number of carboxylic acid groups (broad SMARTS) is 1. The van der Waals surface area contributed by atoms with Crippen LogP contribution in [0, 0.1) is 0 Å². The molecule has 5 heteroatoms. The lowest BCUT2D eigenvalue weighted by Crippen LogP contribution is -2.46. The molecule has 0 unspecified atom stereocenters. The van der Waals surface area contributed by atoms with Crippen molar-refractivity contribution in [3.05, 3.63) is 35.9 Å². The van der Waals surface area contributed by atoms with E-state index in [4.69, 9.17) is 5.11 Å². The number of amides is 2. The highest BCUT2D eigenvalue weighted by molar-refractivity contribution is 5.80. The maximum atomic E-state index is 12.2. The van der Waals surface area contributed by atoms with Crippen molar-refractivity contribution in [2.45, 2.75) is 26.4 Å². The molecule has 0 saturated heterocycles. The van der Waals surface area contributed by atoms with Gasteiger partial charge in [0.1, 0.15) is 6.54 Å². The lowest BCUT2D eigenvalue weighted by atomic mass is 10.2. The van der Waals surface area contributed by atoms with E-state index in [-0.39, 0.29) is 18.6 Å². The maximum absolute atomic E-state index is 12.2. The van der Waals surface area contributed by atoms with Gasteiger partial charge in [0.05, 0.1) is 0 Å². The third-order valence-electron chi connectivity index (χ3n) is 2.76. The number of nitrogens with zero attached hydrogens (tertiary/aromatic N) is 2. The molecule has 0 atom stereocenters. The second kappa shape index (κ2) is 6.78. The van der Waals surface area contributed by atoms with Gasteiger partial charge in [-0.2, -0.15) is 0 Å². The first-order valence-corrected chi connectivity index (χ1v) is 6.19. The molecule has 1 aromatic rings. The Morgan fingerprint density at radius 3 is 2.26 bits per heavy atom. The van der Waals surface area contributed by atoms with Gasteiger partial charge in [-0.3, -0.25) is 4.79 Å². The summed E-state index contributed by atoms with van der Waals surface area (Å²) in [5.74, 6) is -1.00. The summed E-state index contributed by atoms with van der Waals surface area (Å²) in [6.07, 6.45) is 0. The van der Waals surface area contributed by atoms with Crippen molar-refractivity contribution in [2.24, 2.45) is 0 Å². The highest BCUT2D eigenvalue weighted by Crippen LogP contribution is 2.08. The minimum atomic E-state index is -1.00. The fourth-order valence-electron chi connectivity index (χ4n) is 1.76. The van der Waals surface area contributed by atoms with Crippen LogP contribution in [0.3, 0.4) is 0 Å². The molecular formula is C14H20N2O3. The van der Waals surface area contributed by atoms with Crippen LogP contribution in [0.15, 0.2) is 30.3 Å². The van der Waals surface area contributed by atoms with Crippen molar-refractivity contribution < 1.29 is 14.7 Å². The quantitative estimate of drug-likeness (QED) is 0.885.